The van der Waals surface area contributed by atoms with E-state index in [1.165, 1.54) is 5.56 Å². The molecule has 3 aromatic carbocycles. The van der Waals surface area contributed by atoms with Crippen LogP contribution in [0.4, 0.5) is 22.0 Å². The highest BCUT2D eigenvalue weighted by molar-refractivity contribution is 5.92. The van der Waals surface area contributed by atoms with Crippen LogP contribution in [-0.4, -0.2) is 35.0 Å². The van der Waals surface area contributed by atoms with Crippen molar-refractivity contribution in [3.05, 3.63) is 60.2 Å². The summed E-state index contributed by atoms with van der Waals surface area (Å²) < 4.78 is 68.9. The maximum atomic E-state index is 13.2. The van der Waals surface area contributed by atoms with E-state index in [4.69, 9.17) is 4.74 Å². The van der Waals surface area contributed by atoms with Gasteiger partial charge >= 0.3 is 12.1 Å². The van der Waals surface area contributed by atoms with Gasteiger partial charge in [0.25, 0.3) is 0 Å². The Morgan fingerprint density at radius 1 is 0.732 bits per heavy atom. The fourth-order valence-electron chi connectivity index (χ4n) is 5.73. The lowest BCUT2D eigenvalue weighted by molar-refractivity contribution is -0.284. The number of alkyl halides is 5. The zero-order valence-electron chi connectivity index (χ0n) is 23.2. The number of hydrogen-bond donors (Lipinski definition) is 2. The van der Waals surface area contributed by atoms with Crippen molar-refractivity contribution in [2.24, 2.45) is 5.92 Å². The summed E-state index contributed by atoms with van der Waals surface area (Å²) in [4.78, 5) is 0. The van der Waals surface area contributed by atoms with Crippen LogP contribution in [0.15, 0.2) is 54.6 Å². The normalized spacial score (nSPS) is 16.3. The topological polar surface area (TPSA) is 53.0 Å². The van der Waals surface area contributed by atoms with Crippen molar-refractivity contribution in [2.75, 3.05) is 6.61 Å². The van der Waals surface area contributed by atoms with E-state index >= 15 is 0 Å². The highest BCUT2D eigenvalue weighted by Crippen LogP contribution is 2.40. The van der Waals surface area contributed by atoms with Crippen molar-refractivity contribution in [2.45, 2.75) is 95.3 Å². The average molecular weight is 579 g/mol. The summed E-state index contributed by atoms with van der Waals surface area (Å²) in [5.41, 5.74) is 3.39. The molecule has 224 valence electrons. The Labute approximate surface area is 238 Å². The Kier molecular flexibility index (Phi) is 10.5. The highest BCUT2D eigenvalue weighted by Gasteiger charge is 2.56. The lowest BCUT2D eigenvalue weighted by Gasteiger charge is -2.21. The van der Waals surface area contributed by atoms with Crippen LogP contribution >= 0.6 is 0 Å². The van der Waals surface area contributed by atoms with Crippen LogP contribution in [-0.2, 0) is 11.2 Å². The molecule has 0 saturated carbocycles. The molecule has 0 aromatic heterocycles. The molecule has 0 amide bonds. The summed E-state index contributed by atoms with van der Waals surface area (Å²) in [6, 6.07) is 16.7. The molecule has 41 heavy (non-hydrogen) atoms. The number of benzene rings is 3. The molecule has 1 saturated heterocycles. The van der Waals surface area contributed by atoms with Gasteiger partial charge < -0.3 is 14.9 Å². The van der Waals surface area contributed by atoms with E-state index in [1.54, 1.807) is 24.3 Å². The number of fused-ring (bicyclic) bond motifs is 1. The number of ether oxygens (including phenoxy) is 1. The zero-order valence-corrected chi connectivity index (χ0v) is 23.2. The Morgan fingerprint density at radius 3 is 2.00 bits per heavy atom. The molecule has 0 bridgehead atoms. The molecule has 1 aliphatic heterocycles. The van der Waals surface area contributed by atoms with E-state index in [0.29, 0.717) is 13.0 Å². The van der Waals surface area contributed by atoms with Gasteiger partial charge in [-0.2, -0.15) is 22.0 Å². The van der Waals surface area contributed by atoms with Crippen molar-refractivity contribution in [1.82, 2.24) is 0 Å². The molecule has 2 N–H and O–H groups in total. The Balaban J connectivity index is 1.18. The summed E-state index contributed by atoms with van der Waals surface area (Å²) >= 11 is 0. The third-order valence-electron chi connectivity index (χ3n) is 8.16. The summed E-state index contributed by atoms with van der Waals surface area (Å²) in [5, 5.41) is 21.7. The smallest absolute Gasteiger partial charge is 0.453 e. The summed E-state index contributed by atoms with van der Waals surface area (Å²) in [7, 11) is 0. The molecule has 4 rings (SSSR count). The van der Waals surface area contributed by atoms with Gasteiger partial charge in [0.05, 0.1) is 12.7 Å². The third-order valence-corrected chi connectivity index (χ3v) is 8.16. The molecule has 1 fully saturated rings. The average Bonchev–Trinajstić information content (AvgIpc) is 3.76. The van der Waals surface area contributed by atoms with Crippen LogP contribution in [0.1, 0.15) is 76.2 Å². The number of aromatic hydroxyl groups is 2. The second-order valence-electron chi connectivity index (χ2n) is 11.3. The largest absolute Gasteiger partial charge is 0.508 e. The highest BCUT2D eigenvalue weighted by atomic mass is 19.4. The second kappa shape index (κ2) is 13.9. The maximum Gasteiger partial charge on any atom is 0.453 e. The minimum atomic E-state index is -5.48. The zero-order chi connectivity index (χ0) is 29.5. The molecule has 1 heterocycles. The van der Waals surface area contributed by atoms with Crippen molar-refractivity contribution in [1.29, 1.82) is 0 Å². The van der Waals surface area contributed by atoms with Crippen LogP contribution in [0.2, 0.25) is 0 Å². The number of rotatable bonds is 16. The number of epoxide rings is 1. The van der Waals surface area contributed by atoms with Crippen LogP contribution in [0.3, 0.4) is 0 Å². The molecule has 0 radical (unpaired) electrons. The van der Waals surface area contributed by atoms with Crippen LogP contribution in [0, 0.1) is 5.92 Å². The number of phenolic OH excluding ortho intramolecular Hbond substituents is 2. The van der Waals surface area contributed by atoms with Gasteiger partial charge in [0, 0.05) is 6.42 Å². The van der Waals surface area contributed by atoms with E-state index in [2.05, 4.69) is 6.07 Å². The number of unbranched alkanes of at least 4 members (excludes halogenated alkanes) is 6. The monoisotopic (exact) mass is 578 g/mol. The third kappa shape index (κ3) is 8.81. The first-order chi connectivity index (χ1) is 19.5. The molecule has 0 spiro atoms. The molecule has 2 unspecified atom stereocenters. The Bertz CT molecular complexity index is 1250. The number of hydrogen-bond acceptors (Lipinski definition) is 3. The fourth-order valence-corrected chi connectivity index (χ4v) is 5.73. The fraction of sp³-hybridized carbons (Fsp3) is 0.515. The number of aryl methyl sites for hydroxylation is 1. The van der Waals surface area contributed by atoms with Gasteiger partial charge in [0.2, 0.25) is 0 Å². The maximum absolute atomic E-state index is 13.2. The van der Waals surface area contributed by atoms with Crippen molar-refractivity contribution in [3.63, 3.8) is 0 Å². The summed E-state index contributed by atoms with van der Waals surface area (Å²) in [6.45, 7) is 0.576. The van der Waals surface area contributed by atoms with Gasteiger partial charge in [-0.25, -0.2) is 0 Å². The van der Waals surface area contributed by atoms with Crippen molar-refractivity contribution >= 4 is 10.8 Å². The van der Waals surface area contributed by atoms with E-state index in [1.807, 2.05) is 24.3 Å². The minimum absolute atomic E-state index is 0.0130. The van der Waals surface area contributed by atoms with Crippen LogP contribution in [0.25, 0.3) is 21.9 Å². The Hall–Kier alpha value is -2.87. The summed E-state index contributed by atoms with van der Waals surface area (Å²) in [5.74, 6) is -4.10. The molecular formula is C33H39F5O3. The van der Waals surface area contributed by atoms with Crippen LogP contribution < -0.4 is 0 Å². The molecular weight excluding hydrogens is 539 g/mol. The Morgan fingerprint density at radius 2 is 1.34 bits per heavy atom. The molecule has 0 aliphatic carbocycles. The van der Waals surface area contributed by atoms with E-state index in [9.17, 15) is 32.2 Å². The summed E-state index contributed by atoms with van der Waals surface area (Å²) in [6.07, 6.45) is 2.58. The van der Waals surface area contributed by atoms with Crippen molar-refractivity contribution < 1.29 is 36.9 Å². The number of halogens is 5. The molecule has 3 aromatic rings. The lowest BCUT2D eigenvalue weighted by atomic mass is 9.90. The first kappa shape index (κ1) is 31.1. The standard InChI is InChI=1S/C33H39F5O3/c34-32(35,33(36,37)38)20-8-10-24(31-22-41-31)9-6-4-2-1-3-5-7-11-30-28(23-12-15-26(39)16-13-23)18-14-25-21-27(40)17-19-29(25)30/h12-19,21,24,31,39-40H,1-11,20,22H2. The van der Waals surface area contributed by atoms with E-state index in [-0.39, 0.29) is 29.9 Å². The second-order valence-corrected chi connectivity index (χ2v) is 11.3. The molecule has 3 nitrogen and oxygen atoms in total. The van der Waals surface area contributed by atoms with Crippen molar-refractivity contribution in [3.8, 4) is 22.6 Å². The van der Waals surface area contributed by atoms with Gasteiger partial charge in [0.1, 0.15) is 11.5 Å². The van der Waals surface area contributed by atoms with E-state index < -0.39 is 18.5 Å². The van der Waals surface area contributed by atoms with Crippen LogP contribution in [0.5, 0.6) is 11.5 Å². The van der Waals surface area contributed by atoms with E-state index in [0.717, 1.165) is 79.7 Å². The van der Waals surface area contributed by atoms with Gasteiger partial charge in [-0.3, -0.25) is 0 Å². The molecule has 8 heteroatoms. The lowest BCUT2D eigenvalue weighted by Crippen LogP contribution is -2.36. The first-order valence-electron chi connectivity index (χ1n) is 14.7. The number of phenols is 2. The van der Waals surface area contributed by atoms with Gasteiger partial charge in [-0.05, 0) is 89.8 Å². The van der Waals surface area contributed by atoms with Gasteiger partial charge in [-0.15, -0.1) is 0 Å². The minimum Gasteiger partial charge on any atom is -0.508 e. The quantitative estimate of drug-likeness (QED) is 0.101. The van der Waals surface area contributed by atoms with Gasteiger partial charge in [-0.1, -0.05) is 68.9 Å². The predicted molar refractivity (Wildman–Crippen MR) is 151 cm³/mol. The molecule has 2 atom stereocenters. The SMILES string of the molecule is Oc1ccc(-c2ccc3cc(O)ccc3c2CCCCCCCCCC(CCCC(F)(F)C(F)(F)F)C2CO2)cc1. The molecule has 1 aliphatic rings. The predicted octanol–water partition coefficient (Wildman–Crippen LogP) is 9.96. The first-order valence-corrected chi connectivity index (χ1v) is 14.7. The van der Waals surface area contributed by atoms with Gasteiger partial charge in [0.15, 0.2) is 0 Å².